The summed E-state index contributed by atoms with van der Waals surface area (Å²) < 4.78 is 11.3. The Morgan fingerprint density at radius 2 is 2.11 bits per heavy atom. The topological polar surface area (TPSA) is 92.3 Å². The molecule has 0 spiro atoms. The predicted molar refractivity (Wildman–Crippen MR) is 69.9 cm³/mol. The van der Waals surface area contributed by atoms with Crippen molar-refractivity contribution in [2.24, 2.45) is 0 Å². The fourth-order valence-electron chi connectivity index (χ4n) is 1.16. The first-order chi connectivity index (χ1) is 8.33. The van der Waals surface area contributed by atoms with E-state index in [0.29, 0.717) is 6.61 Å². The zero-order chi connectivity index (χ0) is 13.8. The third-order valence-corrected chi connectivity index (χ3v) is 3.98. The molecule has 0 aliphatic rings. The molecule has 1 rings (SSSR count). The van der Waals surface area contributed by atoms with Crippen molar-refractivity contribution in [1.82, 2.24) is 14.8 Å². The molecule has 2 N–H and O–H groups in total. The molecule has 0 aliphatic carbocycles. The number of methoxy groups -OCH3 is 1. The average Bonchev–Trinajstić information content (AvgIpc) is 2.64. The number of hydrogen-bond donors (Lipinski definition) is 1. The van der Waals surface area contributed by atoms with Gasteiger partial charge in [-0.05, 0) is 6.04 Å². The van der Waals surface area contributed by atoms with Crippen molar-refractivity contribution in [2.75, 3.05) is 19.5 Å². The van der Waals surface area contributed by atoms with Gasteiger partial charge in [-0.25, -0.2) is 9.48 Å². The van der Waals surface area contributed by atoms with Crippen LogP contribution in [-0.4, -0.2) is 42.5 Å². The fourth-order valence-corrected chi connectivity index (χ4v) is 1.91. The summed E-state index contributed by atoms with van der Waals surface area (Å²) in [7, 11) is 0.164. The number of carbonyl (C=O) groups is 1. The van der Waals surface area contributed by atoms with E-state index in [0.717, 1.165) is 6.04 Å². The number of aromatic nitrogens is 3. The van der Waals surface area contributed by atoms with Crippen LogP contribution in [0.2, 0.25) is 25.7 Å². The number of rotatable bonds is 6. The lowest BCUT2D eigenvalue weighted by molar-refractivity contribution is 0.0578. The first-order valence-electron chi connectivity index (χ1n) is 5.70. The van der Waals surface area contributed by atoms with Crippen LogP contribution >= 0.6 is 0 Å². The van der Waals surface area contributed by atoms with Crippen LogP contribution in [-0.2, 0) is 16.2 Å². The van der Waals surface area contributed by atoms with Crippen molar-refractivity contribution in [1.29, 1.82) is 0 Å². The van der Waals surface area contributed by atoms with E-state index in [1.165, 1.54) is 11.8 Å². The zero-order valence-corrected chi connectivity index (χ0v) is 12.3. The van der Waals surface area contributed by atoms with Crippen LogP contribution in [0.1, 0.15) is 10.6 Å². The SMILES string of the molecule is COC(=O)c1nc(N)n(COCC[Si](C)(C)C)n1. The highest BCUT2D eigenvalue weighted by Crippen LogP contribution is 2.08. The Bertz CT molecular complexity index is 414. The molecule has 1 heterocycles. The molecule has 18 heavy (non-hydrogen) atoms. The lowest BCUT2D eigenvalue weighted by atomic mass is 10.6. The molecule has 0 atom stereocenters. The van der Waals surface area contributed by atoms with E-state index in [-0.39, 0.29) is 18.5 Å². The lowest BCUT2D eigenvalue weighted by Gasteiger charge is -2.15. The summed E-state index contributed by atoms with van der Waals surface area (Å²) in [6.07, 6.45) is 0. The van der Waals surface area contributed by atoms with E-state index in [1.54, 1.807) is 0 Å². The van der Waals surface area contributed by atoms with Gasteiger partial charge in [0.05, 0.1) is 7.11 Å². The number of hydrogen-bond acceptors (Lipinski definition) is 6. The molecule has 0 unspecified atom stereocenters. The first-order valence-corrected chi connectivity index (χ1v) is 9.40. The molecule has 0 saturated heterocycles. The van der Waals surface area contributed by atoms with Gasteiger partial charge in [-0.1, -0.05) is 19.6 Å². The molecular weight excluding hydrogens is 252 g/mol. The Hall–Kier alpha value is -1.41. The van der Waals surface area contributed by atoms with Crippen molar-refractivity contribution in [3.63, 3.8) is 0 Å². The molecule has 102 valence electrons. The van der Waals surface area contributed by atoms with E-state index in [2.05, 4.69) is 34.5 Å². The van der Waals surface area contributed by atoms with Crippen LogP contribution in [0.25, 0.3) is 0 Å². The minimum Gasteiger partial charge on any atom is -0.463 e. The summed E-state index contributed by atoms with van der Waals surface area (Å²) in [4.78, 5) is 15.0. The van der Waals surface area contributed by atoms with Crippen molar-refractivity contribution in [3.8, 4) is 0 Å². The number of nitrogens with two attached hydrogens (primary N) is 1. The van der Waals surface area contributed by atoms with Gasteiger partial charge in [0.2, 0.25) is 5.95 Å². The Labute approximate surface area is 107 Å². The highest BCUT2D eigenvalue weighted by atomic mass is 28.3. The molecular formula is C10H20N4O3Si. The van der Waals surface area contributed by atoms with Crippen LogP contribution in [0.4, 0.5) is 5.95 Å². The van der Waals surface area contributed by atoms with Crippen LogP contribution in [0.15, 0.2) is 0 Å². The smallest absolute Gasteiger partial charge is 0.378 e. The van der Waals surface area contributed by atoms with E-state index in [1.807, 2.05) is 0 Å². The largest absolute Gasteiger partial charge is 0.463 e. The van der Waals surface area contributed by atoms with Crippen molar-refractivity contribution >= 4 is 20.0 Å². The molecule has 0 aliphatic heterocycles. The minimum absolute atomic E-state index is 0.0520. The van der Waals surface area contributed by atoms with Gasteiger partial charge in [-0.3, -0.25) is 0 Å². The quantitative estimate of drug-likeness (QED) is 0.471. The summed E-state index contributed by atoms with van der Waals surface area (Å²) in [6.45, 7) is 7.67. The minimum atomic E-state index is -1.10. The summed E-state index contributed by atoms with van der Waals surface area (Å²) >= 11 is 0. The van der Waals surface area contributed by atoms with Crippen LogP contribution in [0, 0.1) is 0 Å². The normalized spacial score (nSPS) is 11.6. The first kappa shape index (κ1) is 14.6. The third kappa shape index (κ3) is 4.45. The van der Waals surface area contributed by atoms with Crippen molar-refractivity contribution < 1.29 is 14.3 Å². The second-order valence-corrected chi connectivity index (χ2v) is 10.8. The van der Waals surface area contributed by atoms with E-state index in [9.17, 15) is 4.79 Å². The van der Waals surface area contributed by atoms with Crippen molar-refractivity contribution in [2.45, 2.75) is 32.4 Å². The van der Waals surface area contributed by atoms with Gasteiger partial charge in [0.15, 0.2) is 0 Å². The number of ether oxygens (including phenoxy) is 2. The molecule has 0 amide bonds. The highest BCUT2D eigenvalue weighted by Gasteiger charge is 2.16. The number of carbonyl (C=O) groups excluding carboxylic acids is 1. The molecule has 0 saturated carbocycles. The number of nitrogen functional groups attached to an aromatic ring is 1. The lowest BCUT2D eigenvalue weighted by Crippen LogP contribution is -2.22. The van der Waals surface area contributed by atoms with Gasteiger partial charge in [0.1, 0.15) is 6.73 Å². The molecule has 7 nitrogen and oxygen atoms in total. The predicted octanol–water partition coefficient (Wildman–Crippen LogP) is 0.959. The highest BCUT2D eigenvalue weighted by molar-refractivity contribution is 6.76. The van der Waals surface area contributed by atoms with Gasteiger partial charge in [-0.15, -0.1) is 5.10 Å². The Balaban J connectivity index is 2.48. The van der Waals surface area contributed by atoms with Crippen LogP contribution < -0.4 is 5.73 Å². The van der Waals surface area contributed by atoms with E-state index < -0.39 is 14.0 Å². The molecule has 0 aromatic carbocycles. The molecule has 8 heteroatoms. The van der Waals surface area contributed by atoms with Gasteiger partial charge >= 0.3 is 5.97 Å². The Kier molecular flexibility index (Phi) is 4.85. The molecule has 1 aromatic rings. The Morgan fingerprint density at radius 1 is 1.44 bits per heavy atom. The van der Waals surface area contributed by atoms with Crippen molar-refractivity contribution in [3.05, 3.63) is 5.82 Å². The van der Waals surface area contributed by atoms with Crippen LogP contribution in [0.5, 0.6) is 0 Å². The molecule has 0 bridgehead atoms. The number of nitrogens with zero attached hydrogens (tertiary/aromatic N) is 3. The molecule has 0 radical (unpaired) electrons. The van der Waals surface area contributed by atoms with Gasteiger partial charge in [0, 0.05) is 14.7 Å². The van der Waals surface area contributed by atoms with E-state index >= 15 is 0 Å². The van der Waals surface area contributed by atoms with Gasteiger partial charge < -0.3 is 15.2 Å². The molecule has 1 aromatic heterocycles. The maximum atomic E-state index is 11.2. The third-order valence-electron chi connectivity index (χ3n) is 2.28. The summed E-state index contributed by atoms with van der Waals surface area (Å²) in [6, 6.07) is 1.06. The summed E-state index contributed by atoms with van der Waals surface area (Å²) in [5.74, 6) is -0.519. The average molecular weight is 272 g/mol. The van der Waals surface area contributed by atoms with Gasteiger partial charge in [0.25, 0.3) is 5.82 Å². The number of anilines is 1. The number of esters is 1. The monoisotopic (exact) mass is 272 g/mol. The fraction of sp³-hybridized carbons (Fsp3) is 0.700. The second kappa shape index (κ2) is 5.96. The van der Waals surface area contributed by atoms with E-state index in [4.69, 9.17) is 10.5 Å². The second-order valence-electron chi connectivity index (χ2n) is 5.13. The zero-order valence-electron chi connectivity index (χ0n) is 11.3. The summed E-state index contributed by atoms with van der Waals surface area (Å²) in [5.41, 5.74) is 5.61. The standard InChI is InChI=1S/C10H20N4O3Si/c1-16-9(15)8-12-10(11)14(13-8)7-17-5-6-18(2,3)4/h5-7H2,1-4H3,(H2,11,12,13). The summed E-state index contributed by atoms with van der Waals surface area (Å²) in [5, 5.41) is 3.91. The van der Waals surface area contributed by atoms with Crippen LogP contribution in [0.3, 0.4) is 0 Å². The van der Waals surface area contributed by atoms with Gasteiger partial charge in [-0.2, -0.15) is 4.98 Å². The maximum Gasteiger partial charge on any atom is 0.378 e. The Morgan fingerprint density at radius 3 is 2.67 bits per heavy atom. The molecule has 0 fully saturated rings. The maximum absolute atomic E-state index is 11.2.